The predicted octanol–water partition coefficient (Wildman–Crippen LogP) is 2.04. The molecule has 2 unspecified atom stereocenters. The molecule has 0 aromatic heterocycles. The number of esters is 1. The summed E-state index contributed by atoms with van der Waals surface area (Å²) in [6, 6.07) is 0. The van der Waals surface area contributed by atoms with Crippen molar-refractivity contribution >= 4 is 17.5 Å². The van der Waals surface area contributed by atoms with Gasteiger partial charge in [-0.25, -0.2) is 0 Å². The fourth-order valence-electron chi connectivity index (χ4n) is 2.12. The van der Waals surface area contributed by atoms with Crippen molar-refractivity contribution in [3.8, 4) is 0 Å². The van der Waals surface area contributed by atoms with Crippen molar-refractivity contribution in [1.82, 2.24) is 0 Å². The van der Waals surface area contributed by atoms with Gasteiger partial charge in [-0.15, -0.1) is 0 Å². The number of Topliss-reactive ketones (excluding diaryl/α,β-unsaturated/α-hetero) is 2. The van der Waals surface area contributed by atoms with E-state index in [4.69, 9.17) is 14.2 Å². The SMILES string of the molecule is CCOC(=O)C(C(=O)COCCOC)C(C)C(=O)CC(C)(C)C. The molecule has 0 aliphatic heterocycles. The van der Waals surface area contributed by atoms with Crippen LogP contribution in [0.5, 0.6) is 0 Å². The van der Waals surface area contributed by atoms with E-state index in [0.717, 1.165) is 0 Å². The van der Waals surface area contributed by atoms with Gasteiger partial charge in [0.25, 0.3) is 0 Å². The first-order valence-electron chi connectivity index (χ1n) is 7.92. The number of carbonyl (C=O) groups excluding carboxylic acids is 3. The molecule has 0 saturated carbocycles. The van der Waals surface area contributed by atoms with Crippen LogP contribution in [-0.2, 0) is 28.6 Å². The molecule has 23 heavy (non-hydrogen) atoms. The fraction of sp³-hybridized carbons (Fsp3) is 0.824. The van der Waals surface area contributed by atoms with Crippen molar-refractivity contribution in [3.05, 3.63) is 0 Å². The summed E-state index contributed by atoms with van der Waals surface area (Å²) in [5.41, 5.74) is -0.206. The molecule has 0 aromatic carbocycles. The van der Waals surface area contributed by atoms with Crippen LogP contribution in [0.1, 0.15) is 41.0 Å². The first-order chi connectivity index (χ1) is 10.6. The molecule has 6 heteroatoms. The number of rotatable bonds is 11. The summed E-state index contributed by atoms with van der Waals surface area (Å²) in [6.45, 7) is 9.61. The Morgan fingerprint density at radius 3 is 2.13 bits per heavy atom. The van der Waals surface area contributed by atoms with Crippen LogP contribution in [0.3, 0.4) is 0 Å². The first kappa shape index (κ1) is 21.7. The molecule has 2 atom stereocenters. The fourth-order valence-corrected chi connectivity index (χ4v) is 2.12. The summed E-state index contributed by atoms with van der Waals surface area (Å²) in [5, 5.41) is 0. The van der Waals surface area contributed by atoms with Crippen LogP contribution in [0, 0.1) is 17.3 Å². The molecule has 0 bridgehead atoms. The molecule has 0 heterocycles. The maximum Gasteiger partial charge on any atom is 0.317 e. The summed E-state index contributed by atoms with van der Waals surface area (Å²) < 4.78 is 15.0. The molecule has 0 rings (SSSR count). The lowest BCUT2D eigenvalue weighted by Crippen LogP contribution is -2.38. The Kier molecular flexibility index (Phi) is 9.91. The Labute approximate surface area is 138 Å². The highest BCUT2D eigenvalue weighted by atomic mass is 16.5. The molecule has 0 saturated heterocycles. The molecular weight excluding hydrogens is 300 g/mol. The van der Waals surface area contributed by atoms with Gasteiger partial charge in [0.1, 0.15) is 18.3 Å². The van der Waals surface area contributed by atoms with Crippen molar-refractivity contribution in [2.24, 2.45) is 17.3 Å². The second-order valence-electron chi connectivity index (χ2n) is 6.73. The number of hydrogen-bond donors (Lipinski definition) is 0. The molecule has 0 amide bonds. The van der Waals surface area contributed by atoms with Crippen LogP contribution in [0.25, 0.3) is 0 Å². The van der Waals surface area contributed by atoms with Crippen LogP contribution in [0.15, 0.2) is 0 Å². The van der Waals surface area contributed by atoms with Crippen molar-refractivity contribution < 1.29 is 28.6 Å². The van der Waals surface area contributed by atoms with Gasteiger partial charge in [-0.2, -0.15) is 0 Å². The maximum absolute atomic E-state index is 12.4. The van der Waals surface area contributed by atoms with Crippen molar-refractivity contribution in [2.45, 2.75) is 41.0 Å². The summed E-state index contributed by atoms with van der Waals surface area (Å²) in [7, 11) is 1.53. The quantitative estimate of drug-likeness (QED) is 0.328. The van der Waals surface area contributed by atoms with Gasteiger partial charge in [0.05, 0.1) is 19.8 Å². The van der Waals surface area contributed by atoms with E-state index in [9.17, 15) is 14.4 Å². The Morgan fingerprint density at radius 1 is 1.04 bits per heavy atom. The summed E-state index contributed by atoms with van der Waals surface area (Å²) in [4.78, 5) is 36.8. The predicted molar refractivity (Wildman–Crippen MR) is 86.1 cm³/mol. The Hall–Kier alpha value is -1.27. The molecule has 0 N–H and O–H groups in total. The normalized spacial score (nSPS) is 14.2. The molecule has 0 fully saturated rings. The molecule has 6 nitrogen and oxygen atoms in total. The van der Waals surface area contributed by atoms with Gasteiger partial charge >= 0.3 is 5.97 Å². The van der Waals surface area contributed by atoms with Gasteiger partial charge in [-0.05, 0) is 12.3 Å². The third-order valence-electron chi connectivity index (χ3n) is 3.28. The second kappa shape index (κ2) is 10.5. The van der Waals surface area contributed by atoms with Crippen LogP contribution in [-0.4, -0.2) is 51.1 Å². The van der Waals surface area contributed by atoms with Crippen LogP contribution in [0.2, 0.25) is 0 Å². The van der Waals surface area contributed by atoms with Crippen LogP contribution < -0.4 is 0 Å². The number of hydrogen-bond acceptors (Lipinski definition) is 6. The van der Waals surface area contributed by atoms with Gasteiger partial charge in [0, 0.05) is 19.4 Å². The third-order valence-corrected chi connectivity index (χ3v) is 3.28. The van der Waals surface area contributed by atoms with Gasteiger partial charge < -0.3 is 14.2 Å². The van der Waals surface area contributed by atoms with E-state index in [1.54, 1.807) is 13.8 Å². The Morgan fingerprint density at radius 2 is 1.65 bits per heavy atom. The van der Waals surface area contributed by atoms with Gasteiger partial charge in [-0.3, -0.25) is 14.4 Å². The Bertz CT molecular complexity index is 396. The molecule has 0 aliphatic rings. The highest BCUT2D eigenvalue weighted by molar-refractivity contribution is 6.04. The number of ketones is 2. The van der Waals surface area contributed by atoms with E-state index in [1.165, 1.54) is 7.11 Å². The standard InChI is InChI=1S/C17H30O6/c1-7-23-16(20)15(14(19)11-22-9-8-21-6)12(2)13(18)10-17(3,4)5/h12,15H,7-11H2,1-6H3. The lowest BCUT2D eigenvalue weighted by atomic mass is 9.80. The Balaban J connectivity index is 4.95. The third kappa shape index (κ3) is 8.81. The molecule has 0 aliphatic carbocycles. The minimum Gasteiger partial charge on any atom is -0.465 e. The van der Waals surface area contributed by atoms with E-state index >= 15 is 0 Å². The molecular formula is C17H30O6. The summed E-state index contributed by atoms with van der Waals surface area (Å²) in [5.74, 6) is -3.07. The minimum absolute atomic E-state index is 0.124. The second-order valence-corrected chi connectivity index (χ2v) is 6.73. The maximum atomic E-state index is 12.4. The zero-order valence-electron chi connectivity index (χ0n) is 15.1. The highest BCUT2D eigenvalue weighted by Gasteiger charge is 2.37. The van der Waals surface area contributed by atoms with Gasteiger partial charge in [-0.1, -0.05) is 27.7 Å². The largest absolute Gasteiger partial charge is 0.465 e. The van der Waals surface area contributed by atoms with Crippen molar-refractivity contribution in [1.29, 1.82) is 0 Å². The molecule has 0 aromatic rings. The van der Waals surface area contributed by atoms with Crippen molar-refractivity contribution in [3.63, 3.8) is 0 Å². The molecule has 0 radical (unpaired) electrons. The molecule has 0 spiro atoms. The highest BCUT2D eigenvalue weighted by Crippen LogP contribution is 2.25. The zero-order chi connectivity index (χ0) is 18.0. The van der Waals surface area contributed by atoms with Gasteiger partial charge in [0.15, 0.2) is 5.78 Å². The number of ether oxygens (including phenoxy) is 3. The van der Waals surface area contributed by atoms with E-state index < -0.39 is 23.6 Å². The lowest BCUT2D eigenvalue weighted by molar-refractivity contribution is -0.157. The first-order valence-corrected chi connectivity index (χ1v) is 7.92. The van der Waals surface area contributed by atoms with E-state index in [2.05, 4.69) is 0 Å². The number of methoxy groups -OCH3 is 1. The zero-order valence-corrected chi connectivity index (χ0v) is 15.1. The minimum atomic E-state index is -1.12. The van der Waals surface area contributed by atoms with Crippen LogP contribution >= 0.6 is 0 Å². The van der Waals surface area contributed by atoms with E-state index in [-0.39, 0.29) is 31.0 Å². The van der Waals surface area contributed by atoms with Gasteiger partial charge in [0.2, 0.25) is 0 Å². The molecule has 134 valence electrons. The number of carbonyl (C=O) groups is 3. The monoisotopic (exact) mass is 330 g/mol. The smallest absolute Gasteiger partial charge is 0.317 e. The van der Waals surface area contributed by atoms with Crippen molar-refractivity contribution in [2.75, 3.05) is 33.5 Å². The van der Waals surface area contributed by atoms with E-state index in [0.29, 0.717) is 13.0 Å². The van der Waals surface area contributed by atoms with E-state index in [1.807, 2.05) is 20.8 Å². The van der Waals surface area contributed by atoms with Crippen LogP contribution in [0.4, 0.5) is 0 Å². The lowest BCUT2D eigenvalue weighted by Gasteiger charge is -2.24. The average molecular weight is 330 g/mol. The summed E-state index contributed by atoms with van der Waals surface area (Å²) in [6.07, 6.45) is 0.294. The summed E-state index contributed by atoms with van der Waals surface area (Å²) >= 11 is 0. The average Bonchev–Trinajstić information content (AvgIpc) is 2.42. The topological polar surface area (TPSA) is 78.9 Å².